The summed E-state index contributed by atoms with van der Waals surface area (Å²) in [5, 5.41) is 0. The van der Waals surface area contributed by atoms with Crippen LogP contribution in [0.1, 0.15) is 39.5 Å². The Bertz CT molecular complexity index is 1280. The number of sulfonamides is 1. The molecule has 0 spiro atoms. The van der Waals surface area contributed by atoms with Crippen molar-refractivity contribution < 1.29 is 13.2 Å². The lowest BCUT2D eigenvalue weighted by atomic mass is 10.1. The van der Waals surface area contributed by atoms with E-state index in [1.807, 2.05) is 51.1 Å². The molecule has 0 saturated heterocycles. The van der Waals surface area contributed by atoms with Crippen LogP contribution >= 0.6 is 0 Å². The van der Waals surface area contributed by atoms with Gasteiger partial charge in [0.2, 0.25) is 0 Å². The van der Waals surface area contributed by atoms with Crippen LogP contribution in [0, 0.1) is 20.8 Å². The average Bonchev–Trinajstić information content (AvgIpc) is 3.06. The molecule has 1 atom stereocenters. The Morgan fingerprint density at radius 3 is 2.39 bits per heavy atom. The third kappa shape index (κ3) is 3.95. The van der Waals surface area contributed by atoms with Gasteiger partial charge in [-0.2, -0.15) is 0 Å². The van der Waals surface area contributed by atoms with Crippen molar-refractivity contribution in [3.63, 3.8) is 0 Å². The zero-order valence-corrected chi connectivity index (χ0v) is 19.0. The van der Waals surface area contributed by atoms with Gasteiger partial charge >= 0.3 is 0 Å². The molecule has 1 aliphatic rings. The highest BCUT2D eigenvalue weighted by Gasteiger charge is 2.32. The maximum atomic E-state index is 13.4. The number of rotatable bonds is 4. The van der Waals surface area contributed by atoms with Gasteiger partial charge in [-0.05, 0) is 86.7 Å². The van der Waals surface area contributed by atoms with Crippen molar-refractivity contribution in [3.8, 4) is 0 Å². The zero-order chi connectivity index (χ0) is 22.3. The summed E-state index contributed by atoms with van der Waals surface area (Å²) in [6, 6.07) is 18.1. The largest absolute Gasteiger partial charge is 0.305 e. The van der Waals surface area contributed by atoms with Gasteiger partial charge < -0.3 is 4.90 Å². The van der Waals surface area contributed by atoms with E-state index in [2.05, 4.69) is 4.72 Å². The number of hydrogen-bond donors (Lipinski definition) is 1. The molecule has 0 unspecified atom stereocenters. The number of nitrogens with one attached hydrogen (secondary N) is 1. The number of nitrogens with zero attached hydrogens (tertiary/aromatic N) is 1. The van der Waals surface area contributed by atoms with Gasteiger partial charge in [-0.3, -0.25) is 9.52 Å². The predicted molar refractivity (Wildman–Crippen MR) is 124 cm³/mol. The molecule has 1 amide bonds. The highest BCUT2D eigenvalue weighted by atomic mass is 32.2. The van der Waals surface area contributed by atoms with Crippen molar-refractivity contribution in [3.05, 3.63) is 88.5 Å². The fourth-order valence-electron chi connectivity index (χ4n) is 4.05. The smallest absolute Gasteiger partial charge is 0.262 e. The minimum Gasteiger partial charge on any atom is -0.305 e. The summed E-state index contributed by atoms with van der Waals surface area (Å²) in [5.41, 5.74) is 5.55. The lowest BCUT2D eigenvalue weighted by Gasteiger charge is -2.23. The SMILES string of the molecule is Cc1ccc(NS(=O)(=O)c2cc(C(=O)N3c4ccccc4C[C@H]3C)ccc2C)cc1C. The van der Waals surface area contributed by atoms with Crippen LogP contribution in [0.4, 0.5) is 11.4 Å². The number of anilines is 2. The quantitative estimate of drug-likeness (QED) is 0.628. The molecule has 0 bridgehead atoms. The molecule has 5 nitrogen and oxygen atoms in total. The van der Waals surface area contributed by atoms with Gasteiger partial charge in [0.05, 0.1) is 4.90 Å². The maximum absolute atomic E-state index is 13.4. The topological polar surface area (TPSA) is 66.5 Å². The van der Waals surface area contributed by atoms with E-state index in [4.69, 9.17) is 0 Å². The molecule has 6 heteroatoms. The van der Waals surface area contributed by atoms with Crippen LogP contribution in [-0.2, 0) is 16.4 Å². The fourth-order valence-corrected chi connectivity index (χ4v) is 5.37. The summed E-state index contributed by atoms with van der Waals surface area (Å²) in [6.07, 6.45) is 0.785. The fraction of sp³-hybridized carbons (Fsp3) is 0.240. The molecule has 1 aliphatic heterocycles. The predicted octanol–water partition coefficient (Wildman–Crippen LogP) is 5.00. The van der Waals surface area contributed by atoms with Crippen molar-refractivity contribution >= 4 is 27.3 Å². The van der Waals surface area contributed by atoms with E-state index in [1.165, 1.54) is 6.07 Å². The summed E-state index contributed by atoms with van der Waals surface area (Å²) in [4.78, 5) is 15.2. The van der Waals surface area contributed by atoms with Crippen molar-refractivity contribution in [2.24, 2.45) is 0 Å². The van der Waals surface area contributed by atoms with Gasteiger partial charge in [0, 0.05) is 23.0 Å². The minimum absolute atomic E-state index is 0.0138. The molecule has 4 rings (SSSR count). The Labute approximate surface area is 183 Å². The van der Waals surface area contributed by atoms with E-state index in [0.29, 0.717) is 16.8 Å². The summed E-state index contributed by atoms with van der Waals surface area (Å²) in [6.45, 7) is 7.65. The highest BCUT2D eigenvalue weighted by molar-refractivity contribution is 7.92. The second-order valence-electron chi connectivity index (χ2n) is 8.24. The molecule has 0 fully saturated rings. The van der Waals surface area contributed by atoms with Crippen LogP contribution in [0.25, 0.3) is 0 Å². The lowest BCUT2D eigenvalue weighted by molar-refractivity contribution is 0.0981. The lowest BCUT2D eigenvalue weighted by Crippen LogP contribution is -2.35. The second kappa shape index (κ2) is 7.85. The standard InChI is InChI=1S/C25H26N2O3S/c1-16-10-12-22(13-18(16)3)26-31(29,30)24-15-21(11-9-17(24)2)25(28)27-19(4)14-20-7-5-6-8-23(20)27/h5-13,15,19,26H,14H2,1-4H3/t19-/m1/s1. The van der Waals surface area contributed by atoms with Crippen LogP contribution in [0.15, 0.2) is 65.6 Å². The molecular weight excluding hydrogens is 408 g/mol. The third-order valence-electron chi connectivity index (χ3n) is 5.91. The Hall–Kier alpha value is -3.12. The van der Waals surface area contributed by atoms with Gasteiger partial charge in [-0.1, -0.05) is 30.3 Å². The van der Waals surface area contributed by atoms with E-state index in [0.717, 1.165) is 28.8 Å². The molecule has 31 heavy (non-hydrogen) atoms. The van der Waals surface area contributed by atoms with Crippen molar-refractivity contribution in [2.75, 3.05) is 9.62 Å². The summed E-state index contributed by atoms with van der Waals surface area (Å²) >= 11 is 0. The van der Waals surface area contributed by atoms with Crippen molar-refractivity contribution in [2.45, 2.75) is 45.1 Å². The van der Waals surface area contributed by atoms with E-state index < -0.39 is 10.0 Å². The van der Waals surface area contributed by atoms with Crippen LogP contribution in [0.2, 0.25) is 0 Å². The minimum atomic E-state index is -3.85. The van der Waals surface area contributed by atoms with Crippen LogP contribution < -0.4 is 9.62 Å². The molecule has 0 aliphatic carbocycles. The first-order chi connectivity index (χ1) is 14.7. The van der Waals surface area contributed by atoms with E-state index in [-0.39, 0.29) is 16.8 Å². The number of benzene rings is 3. The Balaban J connectivity index is 1.68. The van der Waals surface area contributed by atoms with Gasteiger partial charge in [0.25, 0.3) is 15.9 Å². The number of carbonyl (C=O) groups is 1. The number of fused-ring (bicyclic) bond motifs is 1. The molecule has 3 aromatic carbocycles. The average molecular weight is 435 g/mol. The van der Waals surface area contributed by atoms with Gasteiger partial charge in [0.1, 0.15) is 0 Å². The number of carbonyl (C=O) groups excluding carboxylic acids is 1. The molecule has 1 heterocycles. The third-order valence-corrected chi connectivity index (χ3v) is 7.43. The Kier molecular flexibility index (Phi) is 5.35. The molecular formula is C25H26N2O3S. The first-order valence-electron chi connectivity index (χ1n) is 10.3. The Morgan fingerprint density at radius 1 is 0.935 bits per heavy atom. The van der Waals surface area contributed by atoms with E-state index in [9.17, 15) is 13.2 Å². The van der Waals surface area contributed by atoms with Gasteiger partial charge in [0.15, 0.2) is 0 Å². The molecule has 160 valence electrons. The van der Waals surface area contributed by atoms with Crippen LogP contribution in [0.3, 0.4) is 0 Å². The first-order valence-corrected chi connectivity index (χ1v) is 11.8. The summed E-state index contributed by atoms with van der Waals surface area (Å²) < 4.78 is 28.9. The number of aryl methyl sites for hydroxylation is 3. The molecule has 0 saturated carbocycles. The van der Waals surface area contributed by atoms with E-state index in [1.54, 1.807) is 36.1 Å². The molecule has 0 radical (unpaired) electrons. The first kappa shape index (κ1) is 21.1. The molecule has 1 N–H and O–H groups in total. The van der Waals surface area contributed by atoms with Gasteiger partial charge in [-0.25, -0.2) is 8.42 Å². The second-order valence-corrected chi connectivity index (χ2v) is 9.89. The maximum Gasteiger partial charge on any atom is 0.262 e. The van der Waals surface area contributed by atoms with E-state index >= 15 is 0 Å². The Morgan fingerprint density at radius 2 is 1.65 bits per heavy atom. The highest BCUT2D eigenvalue weighted by Crippen LogP contribution is 2.33. The van der Waals surface area contributed by atoms with Crippen molar-refractivity contribution in [1.29, 1.82) is 0 Å². The summed E-state index contributed by atoms with van der Waals surface area (Å²) in [7, 11) is -3.85. The molecule has 3 aromatic rings. The number of amides is 1. The normalized spacial score (nSPS) is 15.6. The molecule has 0 aromatic heterocycles. The van der Waals surface area contributed by atoms with Crippen LogP contribution in [0.5, 0.6) is 0 Å². The van der Waals surface area contributed by atoms with Crippen molar-refractivity contribution in [1.82, 2.24) is 0 Å². The van der Waals surface area contributed by atoms with Crippen LogP contribution in [-0.4, -0.2) is 20.4 Å². The number of para-hydroxylation sites is 1. The zero-order valence-electron chi connectivity index (χ0n) is 18.1. The monoisotopic (exact) mass is 434 g/mol. The van der Waals surface area contributed by atoms with Gasteiger partial charge in [-0.15, -0.1) is 0 Å². The summed E-state index contributed by atoms with van der Waals surface area (Å²) in [5.74, 6) is -0.194. The number of hydrogen-bond acceptors (Lipinski definition) is 3.